The highest BCUT2D eigenvalue weighted by Gasteiger charge is 2.28. The predicted octanol–water partition coefficient (Wildman–Crippen LogP) is 3.15. The summed E-state index contributed by atoms with van der Waals surface area (Å²) in [7, 11) is 0. The number of nitrogens with zero attached hydrogens (tertiary/aromatic N) is 5. The van der Waals surface area contributed by atoms with Crippen molar-refractivity contribution in [2.75, 3.05) is 90.5 Å². The van der Waals surface area contributed by atoms with Crippen LogP contribution in [0.2, 0.25) is 0 Å². The number of hydrogen-bond acceptors (Lipinski definition) is 18. The Balaban J connectivity index is 1.97. The second-order valence-corrected chi connectivity index (χ2v) is 22.9. The van der Waals surface area contributed by atoms with Crippen molar-refractivity contribution in [3.63, 3.8) is 0 Å². The zero-order valence-corrected chi connectivity index (χ0v) is 46.7. The second kappa shape index (κ2) is 30.7. The fourth-order valence-electron chi connectivity index (χ4n) is 7.18. The number of aromatic nitrogens is 1. The molecule has 6 N–H and O–H groups in total. The maximum Gasteiger partial charge on any atom is 0.408 e. The van der Waals surface area contributed by atoms with Crippen LogP contribution in [-0.2, 0) is 47.7 Å². The summed E-state index contributed by atoms with van der Waals surface area (Å²) in [6, 6.07) is 2.22. The lowest BCUT2D eigenvalue weighted by molar-refractivity contribution is -0.158. The molecule has 5 amide bonds. The van der Waals surface area contributed by atoms with Crippen molar-refractivity contribution < 1.29 is 57.3 Å². The molecule has 1 atom stereocenters. The molecule has 0 radical (unpaired) electrons. The van der Waals surface area contributed by atoms with Crippen LogP contribution in [0, 0.1) is 5.92 Å². The van der Waals surface area contributed by atoms with Gasteiger partial charge in [-0.15, -0.1) is 0 Å². The van der Waals surface area contributed by atoms with Gasteiger partial charge in [-0.3, -0.25) is 74.9 Å². The Hall–Kier alpha value is -5.65. The smallest absolute Gasteiger partial charge is 0.408 e. The number of carbonyl (C=O) groups excluding carboxylic acids is 8. The van der Waals surface area contributed by atoms with E-state index >= 15 is 0 Å². The predicted molar refractivity (Wildman–Crippen MR) is 279 cm³/mol. The molecule has 1 aliphatic rings. The summed E-state index contributed by atoms with van der Waals surface area (Å²) in [6.07, 6.45) is 2.85. The zero-order valence-electron chi connectivity index (χ0n) is 46.7. The van der Waals surface area contributed by atoms with Gasteiger partial charge in [-0.25, -0.2) is 9.78 Å². The van der Waals surface area contributed by atoms with Gasteiger partial charge in [-0.1, -0.05) is 20.3 Å². The fourth-order valence-corrected chi connectivity index (χ4v) is 7.18. The molecule has 0 saturated carbocycles. The van der Waals surface area contributed by atoms with Crippen molar-refractivity contribution >= 4 is 53.4 Å². The third-order valence-electron chi connectivity index (χ3n) is 10.4. The minimum absolute atomic E-state index is 0.00687. The van der Waals surface area contributed by atoms with Crippen molar-refractivity contribution in [2.24, 2.45) is 5.92 Å². The number of nitrogens with one attached hydrogen (secondary N) is 6. The Kier molecular flexibility index (Phi) is 26.7. The van der Waals surface area contributed by atoms with Crippen molar-refractivity contribution in [3.8, 4) is 0 Å². The Morgan fingerprint density at radius 3 is 1.41 bits per heavy atom. The van der Waals surface area contributed by atoms with Gasteiger partial charge in [-0.2, -0.15) is 0 Å². The van der Waals surface area contributed by atoms with Crippen LogP contribution in [0.5, 0.6) is 0 Å². The summed E-state index contributed by atoms with van der Waals surface area (Å²) in [5.41, 5.74) is 7.75. The van der Waals surface area contributed by atoms with Crippen molar-refractivity contribution in [3.05, 3.63) is 23.9 Å². The molecule has 23 heteroatoms. The van der Waals surface area contributed by atoms with E-state index in [1.54, 1.807) is 95.2 Å². The molecular weight excluding hydrogens is 959 g/mol. The topological polar surface area (TPSA) is 272 Å². The van der Waals surface area contributed by atoms with Gasteiger partial charge in [0.2, 0.25) is 5.91 Å². The van der Waals surface area contributed by atoms with E-state index in [9.17, 15) is 38.4 Å². The van der Waals surface area contributed by atoms with E-state index in [1.807, 2.05) is 33.4 Å². The maximum absolute atomic E-state index is 13.4. The minimum Gasteiger partial charge on any atom is -0.459 e. The van der Waals surface area contributed by atoms with Crippen LogP contribution in [-0.4, -0.2) is 186 Å². The number of pyridine rings is 1. The maximum atomic E-state index is 13.4. The van der Waals surface area contributed by atoms with Crippen LogP contribution >= 0.6 is 0 Å². The van der Waals surface area contributed by atoms with E-state index in [1.165, 1.54) is 6.20 Å². The van der Waals surface area contributed by atoms with Crippen LogP contribution in [0.1, 0.15) is 139 Å². The molecule has 0 aliphatic carbocycles. The molecule has 1 aromatic heterocycles. The Morgan fingerprint density at radius 2 is 1.00 bits per heavy atom. The molecule has 0 bridgehead atoms. The summed E-state index contributed by atoms with van der Waals surface area (Å²) in [5, 5.41) is 5.39. The van der Waals surface area contributed by atoms with Gasteiger partial charge < -0.3 is 29.6 Å². The van der Waals surface area contributed by atoms with Gasteiger partial charge in [0.1, 0.15) is 34.3 Å². The summed E-state index contributed by atoms with van der Waals surface area (Å²) >= 11 is 0. The summed E-state index contributed by atoms with van der Waals surface area (Å²) in [4.78, 5) is 115. The van der Waals surface area contributed by atoms with Crippen molar-refractivity contribution in [1.29, 1.82) is 0 Å². The molecule has 1 aromatic rings. The summed E-state index contributed by atoms with van der Waals surface area (Å²) in [5.74, 6) is -2.51. The number of carbonyl (C=O) groups is 8. The van der Waals surface area contributed by atoms with E-state index in [0.29, 0.717) is 90.1 Å². The number of rotatable bonds is 21. The van der Waals surface area contributed by atoms with Gasteiger partial charge in [0, 0.05) is 71.5 Å². The van der Waals surface area contributed by atoms with Gasteiger partial charge in [0.05, 0.1) is 31.7 Å². The van der Waals surface area contributed by atoms with E-state index in [4.69, 9.17) is 18.9 Å². The first-order chi connectivity index (χ1) is 34.2. The lowest BCUT2D eigenvalue weighted by atomic mass is 10.0. The van der Waals surface area contributed by atoms with E-state index in [2.05, 4.69) is 37.3 Å². The average molecular weight is 1050 g/mol. The number of hydrazine groups is 2. The number of esters is 3. The molecular formula is C51H89N11O12. The first-order valence-corrected chi connectivity index (χ1v) is 25.7. The van der Waals surface area contributed by atoms with Gasteiger partial charge in [0.25, 0.3) is 17.7 Å². The molecule has 420 valence electrons. The normalized spacial score (nSPS) is 15.6. The highest BCUT2D eigenvalue weighted by atomic mass is 16.6. The van der Waals surface area contributed by atoms with Gasteiger partial charge in [-0.05, 0) is 120 Å². The van der Waals surface area contributed by atoms with Crippen LogP contribution in [0.4, 0.5) is 10.6 Å². The SMILES string of the molecule is CC(C)C[C@@H](NC(=O)OC(C)(C)C)C(=O)NNC(=O)CCCCCNC(=O)c1ccc(NNC(=O)CN2CCN(CC(=O)OC(C)(C)C)CCN(CC(=O)OC(C)(C)C)CCN(CC(=O)OC(C)(C)C)CC2)nc1. The standard InChI is InChI=1S/C51H89N11O12/c1-36(2)30-38(54-47(70)74-51(12,13)14)46(69)58-56-40(63)18-16-15-17-21-52-45(68)37-19-20-39(53-31-37)55-57-41(64)32-59-22-24-60(33-42(65)71-48(3,4)5)26-28-62(35-44(67)73-50(9,10)11)29-27-61(25-23-59)34-43(66)72-49(6,7)8/h19-20,31,36,38H,15-18,21-30,32-35H2,1-14H3,(H,52,68)(H,53,55)(H,54,70)(H,56,63)(H,57,64)(H,58,69)/t38-/m1/s1. The van der Waals surface area contributed by atoms with Gasteiger partial charge in [0.15, 0.2) is 0 Å². The monoisotopic (exact) mass is 1050 g/mol. The molecule has 1 saturated heterocycles. The number of anilines is 1. The largest absolute Gasteiger partial charge is 0.459 e. The Bertz CT molecular complexity index is 1930. The highest BCUT2D eigenvalue weighted by Crippen LogP contribution is 2.13. The van der Waals surface area contributed by atoms with E-state index in [-0.39, 0.29) is 62.1 Å². The molecule has 2 heterocycles. The second-order valence-electron chi connectivity index (χ2n) is 22.9. The number of unbranched alkanes of at least 4 members (excludes halogenated alkanes) is 2. The Labute approximate surface area is 438 Å². The first-order valence-electron chi connectivity index (χ1n) is 25.7. The quantitative estimate of drug-likeness (QED) is 0.0447. The summed E-state index contributed by atoms with van der Waals surface area (Å²) < 4.78 is 22.2. The Morgan fingerprint density at radius 1 is 0.554 bits per heavy atom. The fraction of sp³-hybridized carbons (Fsp3) is 0.745. The molecule has 0 aromatic carbocycles. The number of hydrogen-bond donors (Lipinski definition) is 6. The van der Waals surface area contributed by atoms with E-state index in [0.717, 1.165) is 0 Å². The van der Waals surface area contributed by atoms with E-state index < -0.39 is 58.3 Å². The average Bonchev–Trinajstić information content (AvgIpc) is 3.23. The molecule has 1 aliphatic heterocycles. The third-order valence-corrected chi connectivity index (χ3v) is 10.4. The minimum atomic E-state index is -0.898. The lowest BCUT2D eigenvalue weighted by Gasteiger charge is -2.34. The van der Waals surface area contributed by atoms with Crippen LogP contribution in [0.25, 0.3) is 0 Å². The molecule has 2 rings (SSSR count). The summed E-state index contributed by atoms with van der Waals surface area (Å²) in [6.45, 7) is 28.6. The first kappa shape index (κ1) is 64.5. The van der Waals surface area contributed by atoms with Gasteiger partial charge >= 0.3 is 24.0 Å². The molecule has 1 fully saturated rings. The van der Waals surface area contributed by atoms with Crippen LogP contribution in [0.3, 0.4) is 0 Å². The molecule has 0 unspecified atom stereocenters. The number of ether oxygens (including phenoxy) is 4. The van der Waals surface area contributed by atoms with Crippen molar-refractivity contribution in [1.82, 2.24) is 51.5 Å². The highest BCUT2D eigenvalue weighted by molar-refractivity contribution is 5.94. The van der Waals surface area contributed by atoms with Crippen LogP contribution < -0.4 is 32.3 Å². The number of alkyl carbamates (subject to hydrolysis) is 1. The zero-order chi connectivity index (χ0) is 55.9. The molecule has 23 nitrogen and oxygen atoms in total. The lowest BCUT2D eigenvalue weighted by Crippen LogP contribution is -2.53. The third kappa shape index (κ3) is 31.2. The molecule has 74 heavy (non-hydrogen) atoms. The van der Waals surface area contributed by atoms with Crippen molar-refractivity contribution in [2.45, 2.75) is 157 Å². The van der Waals surface area contributed by atoms with Crippen LogP contribution in [0.15, 0.2) is 18.3 Å². The molecule has 0 spiro atoms. The number of amides is 5.